The van der Waals surface area contributed by atoms with Crippen molar-refractivity contribution in [3.8, 4) is 5.75 Å². The van der Waals surface area contributed by atoms with Crippen LogP contribution in [0.2, 0.25) is 0 Å². The van der Waals surface area contributed by atoms with E-state index in [-0.39, 0.29) is 5.91 Å². The first-order valence-corrected chi connectivity index (χ1v) is 9.29. The van der Waals surface area contributed by atoms with Crippen molar-refractivity contribution in [2.45, 2.75) is 38.7 Å². The van der Waals surface area contributed by atoms with Gasteiger partial charge in [-0.15, -0.1) is 0 Å². The summed E-state index contributed by atoms with van der Waals surface area (Å²) in [6, 6.07) is 7.76. The minimum Gasteiger partial charge on any atom is -0.481 e. The van der Waals surface area contributed by atoms with E-state index >= 15 is 0 Å². The maximum Gasteiger partial charge on any atom is 0.263 e. The molecule has 1 fully saturated rings. The molecule has 7 heteroatoms. The quantitative estimate of drug-likeness (QED) is 0.768. The molecule has 0 saturated carbocycles. The normalized spacial score (nSPS) is 16.4. The van der Waals surface area contributed by atoms with Crippen molar-refractivity contribution in [1.29, 1.82) is 0 Å². The minimum atomic E-state index is -0.497. The third-order valence-corrected chi connectivity index (χ3v) is 5.11. The summed E-state index contributed by atoms with van der Waals surface area (Å²) < 4.78 is 5.82. The summed E-state index contributed by atoms with van der Waals surface area (Å²) >= 11 is 0. The lowest BCUT2D eigenvalue weighted by molar-refractivity contribution is -0.139. The van der Waals surface area contributed by atoms with E-state index in [0.29, 0.717) is 24.7 Å². The average molecular weight is 365 g/mol. The molecule has 1 aromatic carbocycles. The van der Waals surface area contributed by atoms with Crippen molar-refractivity contribution in [3.05, 3.63) is 47.9 Å². The minimum absolute atomic E-state index is 0.0308. The van der Waals surface area contributed by atoms with Gasteiger partial charge in [0, 0.05) is 31.4 Å². The van der Waals surface area contributed by atoms with Crippen LogP contribution in [0.4, 0.5) is 0 Å². The number of aryl methyl sites for hydroxylation is 1. The van der Waals surface area contributed by atoms with Crippen molar-refractivity contribution >= 4 is 17.1 Å². The molecule has 1 atom stereocenters. The number of carbonyl (C=O) groups is 1. The standard InChI is InChI=1S/C20H23N5O2/c1-13-3-5-16(6-4-13)27-14(2)20(26)25-11-7-15(8-12-25)17-18-19(24-23-17)22-10-9-21-18/h3-6,9-10,14-15H,7-8,11-12H2,1-2H3,(H,22,23,24)/t14-/m0/s1. The van der Waals surface area contributed by atoms with E-state index in [2.05, 4.69) is 20.2 Å². The van der Waals surface area contributed by atoms with Crippen LogP contribution in [0.15, 0.2) is 36.7 Å². The smallest absolute Gasteiger partial charge is 0.263 e. The number of nitrogens with zero attached hydrogens (tertiary/aromatic N) is 4. The monoisotopic (exact) mass is 365 g/mol. The van der Waals surface area contributed by atoms with Crippen molar-refractivity contribution in [3.63, 3.8) is 0 Å². The van der Waals surface area contributed by atoms with Gasteiger partial charge in [-0.25, -0.2) is 9.97 Å². The van der Waals surface area contributed by atoms with Crippen LogP contribution < -0.4 is 4.74 Å². The summed E-state index contributed by atoms with van der Waals surface area (Å²) in [5.41, 5.74) is 3.66. The summed E-state index contributed by atoms with van der Waals surface area (Å²) in [7, 11) is 0. The highest BCUT2D eigenvalue weighted by Gasteiger charge is 2.29. The summed E-state index contributed by atoms with van der Waals surface area (Å²) in [6.07, 6.45) is 4.57. The zero-order chi connectivity index (χ0) is 18.8. The number of aromatic amines is 1. The fraction of sp³-hybridized carbons (Fsp3) is 0.400. The highest BCUT2D eigenvalue weighted by Crippen LogP contribution is 2.30. The molecule has 0 aliphatic carbocycles. The molecule has 1 N–H and O–H groups in total. The Balaban J connectivity index is 1.37. The number of H-pyrrole nitrogens is 1. The van der Waals surface area contributed by atoms with Gasteiger partial charge in [0.2, 0.25) is 0 Å². The van der Waals surface area contributed by atoms with E-state index in [1.54, 1.807) is 12.4 Å². The Morgan fingerprint density at radius 2 is 1.89 bits per heavy atom. The van der Waals surface area contributed by atoms with Gasteiger partial charge in [0.15, 0.2) is 11.8 Å². The summed E-state index contributed by atoms with van der Waals surface area (Å²) in [4.78, 5) is 23.2. The molecule has 0 spiro atoms. The Morgan fingerprint density at radius 1 is 1.19 bits per heavy atom. The van der Waals surface area contributed by atoms with Gasteiger partial charge in [-0.3, -0.25) is 9.89 Å². The Kier molecular flexibility index (Phi) is 4.75. The van der Waals surface area contributed by atoms with Gasteiger partial charge in [-0.05, 0) is 38.8 Å². The molecule has 1 aliphatic heterocycles. The third-order valence-electron chi connectivity index (χ3n) is 5.11. The van der Waals surface area contributed by atoms with E-state index in [9.17, 15) is 4.79 Å². The van der Waals surface area contributed by atoms with Crippen LogP contribution in [0.5, 0.6) is 5.75 Å². The van der Waals surface area contributed by atoms with Crippen LogP contribution in [-0.4, -0.2) is 50.2 Å². The zero-order valence-electron chi connectivity index (χ0n) is 15.6. The number of nitrogens with one attached hydrogen (secondary N) is 1. The molecular weight excluding hydrogens is 342 g/mol. The first-order valence-electron chi connectivity index (χ1n) is 9.29. The maximum absolute atomic E-state index is 12.7. The zero-order valence-corrected chi connectivity index (χ0v) is 15.6. The predicted octanol–water partition coefficient (Wildman–Crippen LogP) is 2.83. The molecule has 1 saturated heterocycles. The lowest BCUT2D eigenvalue weighted by Gasteiger charge is -2.33. The van der Waals surface area contributed by atoms with Crippen LogP contribution in [0, 0.1) is 6.92 Å². The van der Waals surface area contributed by atoms with Crippen LogP contribution in [0.3, 0.4) is 0 Å². The lowest BCUT2D eigenvalue weighted by atomic mass is 9.93. The molecule has 7 nitrogen and oxygen atoms in total. The molecule has 0 radical (unpaired) electrons. The molecule has 4 rings (SSSR count). The number of ether oxygens (including phenoxy) is 1. The number of hydrogen-bond acceptors (Lipinski definition) is 5. The van der Waals surface area contributed by atoms with Crippen LogP contribution in [0.25, 0.3) is 11.2 Å². The van der Waals surface area contributed by atoms with Gasteiger partial charge in [0.1, 0.15) is 11.3 Å². The first kappa shape index (κ1) is 17.5. The first-order chi connectivity index (χ1) is 13.1. The van der Waals surface area contributed by atoms with E-state index in [0.717, 1.165) is 29.8 Å². The number of rotatable bonds is 4. The van der Waals surface area contributed by atoms with Crippen LogP contribution in [-0.2, 0) is 4.79 Å². The number of fused-ring (bicyclic) bond motifs is 1. The van der Waals surface area contributed by atoms with Gasteiger partial charge in [-0.2, -0.15) is 5.10 Å². The van der Waals surface area contributed by atoms with Crippen molar-refractivity contribution < 1.29 is 9.53 Å². The fourth-order valence-corrected chi connectivity index (χ4v) is 3.57. The Labute approximate surface area is 157 Å². The second-order valence-electron chi connectivity index (χ2n) is 7.04. The molecule has 0 unspecified atom stereocenters. The predicted molar refractivity (Wildman–Crippen MR) is 102 cm³/mol. The molecule has 1 amide bonds. The molecule has 2 aromatic heterocycles. The molecule has 27 heavy (non-hydrogen) atoms. The van der Waals surface area contributed by atoms with Gasteiger partial charge >= 0.3 is 0 Å². The summed E-state index contributed by atoms with van der Waals surface area (Å²) in [5, 5.41) is 7.31. The molecule has 140 valence electrons. The van der Waals surface area contributed by atoms with E-state index in [1.807, 2.05) is 43.0 Å². The highest BCUT2D eigenvalue weighted by molar-refractivity contribution is 5.81. The number of hydrogen-bond donors (Lipinski definition) is 1. The number of aromatic nitrogens is 4. The van der Waals surface area contributed by atoms with Gasteiger partial charge < -0.3 is 9.64 Å². The summed E-state index contributed by atoms with van der Waals surface area (Å²) in [6.45, 7) is 5.24. The number of carbonyl (C=O) groups excluding carboxylic acids is 1. The molecule has 0 bridgehead atoms. The van der Waals surface area contributed by atoms with Crippen LogP contribution >= 0.6 is 0 Å². The van der Waals surface area contributed by atoms with E-state index in [4.69, 9.17) is 4.74 Å². The lowest BCUT2D eigenvalue weighted by Crippen LogP contribution is -2.44. The maximum atomic E-state index is 12.7. The van der Waals surface area contributed by atoms with E-state index in [1.165, 1.54) is 5.56 Å². The van der Waals surface area contributed by atoms with Gasteiger partial charge in [-0.1, -0.05) is 17.7 Å². The number of amides is 1. The fourth-order valence-electron chi connectivity index (χ4n) is 3.57. The Bertz CT molecular complexity index is 929. The summed E-state index contributed by atoms with van der Waals surface area (Å²) in [5.74, 6) is 1.06. The largest absolute Gasteiger partial charge is 0.481 e. The Morgan fingerprint density at radius 3 is 2.63 bits per heavy atom. The Hall–Kier alpha value is -2.96. The van der Waals surface area contributed by atoms with Crippen molar-refractivity contribution in [2.75, 3.05) is 13.1 Å². The number of benzene rings is 1. The van der Waals surface area contributed by atoms with Gasteiger partial charge in [0.25, 0.3) is 5.91 Å². The van der Waals surface area contributed by atoms with Crippen molar-refractivity contribution in [2.24, 2.45) is 0 Å². The average Bonchev–Trinajstić information content (AvgIpc) is 3.13. The molecule has 3 aromatic rings. The second-order valence-corrected chi connectivity index (χ2v) is 7.04. The second kappa shape index (κ2) is 7.34. The molecule has 3 heterocycles. The van der Waals surface area contributed by atoms with Gasteiger partial charge in [0.05, 0.1) is 5.69 Å². The van der Waals surface area contributed by atoms with Crippen LogP contribution in [0.1, 0.15) is 36.9 Å². The third kappa shape index (κ3) is 3.63. The molecular formula is C20H23N5O2. The molecule has 1 aliphatic rings. The number of likely N-dealkylation sites (tertiary alicyclic amines) is 1. The topological polar surface area (TPSA) is 84.0 Å². The SMILES string of the molecule is Cc1ccc(O[C@@H](C)C(=O)N2CCC(c3[nH]nc4nccnc34)CC2)cc1. The number of piperidine rings is 1. The van der Waals surface area contributed by atoms with E-state index < -0.39 is 6.10 Å². The highest BCUT2D eigenvalue weighted by atomic mass is 16.5. The van der Waals surface area contributed by atoms with Crippen molar-refractivity contribution in [1.82, 2.24) is 25.1 Å².